The molecule has 102 valence electrons. The number of anilines is 2. The summed E-state index contributed by atoms with van der Waals surface area (Å²) in [5.74, 6) is 0. The van der Waals surface area contributed by atoms with Gasteiger partial charge in [-0.3, -0.25) is 10.1 Å². The van der Waals surface area contributed by atoms with E-state index in [2.05, 4.69) is 15.2 Å². The first-order valence-electron chi connectivity index (χ1n) is 5.81. The summed E-state index contributed by atoms with van der Waals surface area (Å²) >= 11 is 0. The van der Waals surface area contributed by atoms with E-state index in [9.17, 15) is 8.42 Å². The van der Waals surface area contributed by atoms with Gasteiger partial charge in [-0.25, -0.2) is 8.42 Å². The lowest BCUT2D eigenvalue weighted by molar-refractivity contribution is 0.600. The van der Waals surface area contributed by atoms with Crippen LogP contribution in [0.4, 0.5) is 11.4 Å². The number of nitriles is 2. The van der Waals surface area contributed by atoms with E-state index in [1.165, 1.54) is 6.07 Å². The van der Waals surface area contributed by atoms with Crippen LogP contribution in [0.3, 0.4) is 0 Å². The summed E-state index contributed by atoms with van der Waals surface area (Å²) in [6, 6.07) is 9.66. The van der Waals surface area contributed by atoms with Crippen molar-refractivity contribution in [1.82, 2.24) is 0 Å². The van der Waals surface area contributed by atoms with Crippen LogP contribution in [-0.2, 0) is 10.0 Å². The Bertz CT molecular complexity index is 707. The Morgan fingerprint density at radius 2 is 1.90 bits per heavy atom. The van der Waals surface area contributed by atoms with Crippen molar-refractivity contribution in [3.63, 3.8) is 0 Å². The normalized spacial score (nSPS) is 13.7. The molecule has 1 fully saturated rings. The minimum atomic E-state index is -3.32. The average Bonchev–Trinajstić information content (AvgIpc) is 3.24. The van der Waals surface area contributed by atoms with Crippen molar-refractivity contribution in [1.29, 1.82) is 10.5 Å². The SMILES string of the molecule is N#CC(C#N)=NNc1cccc(NS(=O)(=O)C2CC2)c1. The number of hydrogen-bond donors (Lipinski definition) is 2. The number of hydrogen-bond acceptors (Lipinski definition) is 6. The summed E-state index contributed by atoms with van der Waals surface area (Å²) in [5.41, 5.74) is 3.10. The van der Waals surface area contributed by atoms with Crippen LogP contribution < -0.4 is 10.1 Å². The van der Waals surface area contributed by atoms with E-state index >= 15 is 0 Å². The summed E-state index contributed by atoms with van der Waals surface area (Å²) in [4.78, 5) is 0. The maximum Gasteiger partial charge on any atom is 0.237 e. The fraction of sp³-hybridized carbons (Fsp3) is 0.250. The Hall–Kier alpha value is -2.58. The molecule has 0 saturated heterocycles. The van der Waals surface area contributed by atoms with Crippen LogP contribution in [0.25, 0.3) is 0 Å². The third-order valence-electron chi connectivity index (χ3n) is 2.59. The number of nitrogens with one attached hydrogen (secondary N) is 2. The summed E-state index contributed by atoms with van der Waals surface area (Å²) in [6.07, 6.45) is 1.37. The molecular formula is C12H11N5O2S. The smallest absolute Gasteiger partial charge is 0.237 e. The lowest BCUT2D eigenvalue weighted by Crippen LogP contribution is -2.17. The van der Waals surface area contributed by atoms with Crippen LogP contribution >= 0.6 is 0 Å². The highest BCUT2D eigenvalue weighted by Gasteiger charge is 2.35. The maximum absolute atomic E-state index is 11.8. The minimum absolute atomic E-state index is 0.305. The van der Waals surface area contributed by atoms with Gasteiger partial charge < -0.3 is 0 Å². The lowest BCUT2D eigenvalue weighted by atomic mass is 10.3. The fourth-order valence-electron chi connectivity index (χ4n) is 1.47. The largest absolute Gasteiger partial charge is 0.283 e. The summed E-state index contributed by atoms with van der Waals surface area (Å²) in [6.45, 7) is 0. The summed E-state index contributed by atoms with van der Waals surface area (Å²) in [7, 11) is -3.32. The van der Waals surface area contributed by atoms with Crippen molar-refractivity contribution in [3.05, 3.63) is 24.3 Å². The van der Waals surface area contributed by atoms with E-state index in [0.717, 1.165) is 0 Å². The first-order valence-corrected chi connectivity index (χ1v) is 7.35. The van der Waals surface area contributed by atoms with Gasteiger partial charge in [0.2, 0.25) is 15.7 Å². The lowest BCUT2D eigenvalue weighted by Gasteiger charge is -2.08. The Labute approximate surface area is 116 Å². The molecular weight excluding hydrogens is 278 g/mol. The van der Waals surface area contributed by atoms with Crippen LogP contribution in [-0.4, -0.2) is 19.4 Å². The number of rotatable bonds is 5. The topological polar surface area (TPSA) is 118 Å². The van der Waals surface area contributed by atoms with Crippen molar-refractivity contribution >= 4 is 27.1 Å². The molecule has 1 saturated carbocycles. The molecule has 20 heavy (non-hydrogen) atoms. The third-order valence-corrected chi connectivity index (χ3v) is 4.46. The van der Waals surface area contributed by atoms with Crippen molar-refractivity contribution in [3.8, 4) is 12.1 Å². The van der Waals surface area contributed by atoms with Gasteiger partial charge in [-0.1, -0.05) is 6.07 Å². The second-order valence-corrected chi connectivity index (χ2v) is 6.18. The van der Waals surface area contributed by atoms with Crippen molar-refractivity contribution in [2.45, 2.75) is 18.1 Å². The zero-order valence-corrected chi connectivity index (χ0v) is 11.2. The quantitative estimate of drug-likeness (QED) is 0.627. The van der Waals surface area contributed by atoms with Crippen molar-refractivity contribution in [2.24, 2.45) is 5.10 Å². The molecule has 7 nitrogen and oxygen atoms in total. The van der Waals surface area contributed by atoms with Crippen LogP contribution in [0.5, 0.6) is 0 Å². The Morgan fingerprint density at radius 1 is 1.25 bits per heavy atom. The van der Waals surface area contributed by atoms with E-state index in [4.69, 9.17) is 10.5 Å². The zero-order chi connectivity index (χ0) is 14.6. The molecule has 1 aromatic carbocycles. The van der Waals surface area contributed by atoms with Crippen molar-refractivity contribution in [2.75, 3.05) is 10.1 Å². The molecule has 1 aliphatic rings. The van der Waals surface area contributed by atoms with Crippen LogP contribution in [0.1, 0.15) is 12.8 Å². The van der Waals surface area contributed by atoms with Gasteiger partial charge in [-0.2, -0.15) is 15.6 Å². The Balaban J connectivity index is 2.11. The molecule has 0 radical (unpaired) electrons. The van der Waals surface area contributed by atoms with Gasteiger partial charge in [0.15, 0.2) is 0 Å². The van der Waals surface area contributed by atoms with Gasteiger partial charge >= 0.3 is 0 Å². The van der Waals surface area contributed by atoms with Crippen LogP contribution in [0.2, 0.25) is 0 Å². The molecule has 0 bridgehead atoms. The third kappa shape index (κ3) is 3.46. The zero-order valence-electron chi connectivity index (χ0n) is 10.4. The first-order chi connectivity index (χ1) is 9.55. The van der Waals surface area contributed by atoms with Gasteiger partial charge in [0, 0.05) is 0 Å². The second kappa shape index (κ2) is 5.59. The minimum Gasteiger partial charge on any atom is -0.283 e. The standard InChI is InChI=1S/C12H11N5O2S/c13-7-11(8-14)16-15-9-2-1-3-10(6-9)17-20(18,19)12-4-5-12/h1-3,6,12,15,17H,4-5H2. The van der Waals surface area contributed by atoms with Crippen molar-refractivity contribution < 1.29 is 8.42 Å². The number of sulfonamides is 1. The molecule has 2 N–H and O–H groups in total. The highest BCUT2D eigenvalue weighted by atomic mass is 32.2. The monoisotopic (exact) mass is 289 g/mol. The Kier molecular flexibility index (Phi) is 3.87. The second-order valence-electron chi connectivity index (χ2n) is 4.22. The molecule has 8 heteroatoms. The van der Waals surface area contributed by atoms with E-state index in [1.807, 2.05) is 0 Å². The summed E-state index contributed by atoms with van der Waals surface area (Å²) < 4.78 is 26.1. The first kappa shape index (κ1) is 13.8. The van der Waals surface area contributed by atoms with E-state index in [1.54, 1.807) is 30.3 Å². The van der Waals surface area contributed by atoms with E-state index < -0.39 is 10.0 Å². The van der Waals surface area contributed by atoms with Gasteiger partial charge in [-0.15, -0.1) is 0 Å². The predicted molar refractivity (Wildman–Crippen MR) is 74.3 cm³/mol. The Morgan fingerprint density at radius 3 is 2.50 bits per heavy atom. The van der Waals surface area contributed by atoms with Gasteiger partial charge in [0.1, 0.15) is 12.1 Å². The number of benzene rings is 1. The number of hydrazone groups is 1. The molecule has 0 unspecified atom stereocenters. The number of nitrogens with zero attached hydrogens (tertiary/aromatic N) is 3. The van der Waals surface area contributed by atoms with E-state index in [0.29, 0.717) is 24.2 Å². The molecule has 1 aliphatic carbocycles. The summed E-state index contributed by atoms with van der Waals surface area (Å²) in [5, 5.41) is 20.4. The molecule has 0 aromatic heterocycles. The molecule has 0 spiro atoms. The highest BCUT2D eigenvalue weighted by molar-refractivity contribution is 7.93. The fourth-order valence-corrected chi connectivity index (χ4v) is 2.85. The van der Waals surface area contributed by atoms with Gasteiger partial charge in [0.25, 0.3) is 0 Å². The average molecular weight is 289 g/mol. The molecule has 0 aliphatic heterocycles. The van der Waals surface area contributed by atoms with Crippen LogP contribution in [0.15, 0.2) is 29.4 Å². The molecule has 1 aromatic rings. The predicted octanol–water partition coefficient (Wildman–Crippen LogP) is 1.41. The molecule has 2 rings (SSSR count). The molecule has 0 atom stereocenters. The molecule has 0 heterocycles. The highest BCUT2D eigenvalue weighted by Crippen LogP contribution is 2.30. The maximum atomic E-state index is 11.8. The molecule has 0 amide bonds. The van der Waals surface area contributed by atoms with Crippen LogP contribution in [0, 0.1) is 22.7 Å². The van der Waals surface area contributed by atoms with E-state index in [-0.39, 0.29) is 11.0 Å². The van der Waals surface area contributed by atoms with Gasteiger partial charge in [0.05, 0.1) is 16.6 Å². The van der Waals surface area contributed by atoms with Gasteiger partial charge in [-0.05, 0) is 31.0 Å².